The van der Waals surface area contributed by atoms with Crippen molar-refractivity contribution < 1.29 is 26.7 Å². The predicted molar refractivity (Wildman–Crippen MR) is 65.5 cm³/mol. The topological polar surface area (TPSA) is 109 Å². The maximum atomic E-state index is 11.9. The second-order valence-corrected chi connectivity index (χ2v) is 8.71. The number of hydrogen-bond donors (Lipinski definition) is 1. The van der Waals surface area contributed by atoms with Gasteiger partial charge < -0.3 is 5.11 Å². The third-order valence-electron chi connectivity index (χ3n) is 2.81. The van der Waals surface area contributed by atoms with Crippen LogP contribution in [-0.4, -0.2) is 62.6 Å². The van der Waals surface area contributed by atoms with Gasteiger partial charge in [-0.05, 0) is 19.3 Å². The zero-order valence-corrected chi connectivity index (χ0v) is 11.7. The second kappa shape index (κ2) is 5.54. The van der Waals surface area contributed by atoms with Gasteiger partial charge in [0.2, 0.25) is 10.0 Å². The van der Waals surface area contributed by atoms with Gasteiger partial charge in [-0.2, -0.15) is 4.31 Å². The van der Waals surface area contributed by atoms with E-state index in [0.717, 1.165) is 10.6 Å². The molecule has 7 nitrogen and oxygen atoms in total. The SMILES string of the molecule is CS(=O)(=O)CCS(=O)(=O)N1CCCC[C@@H]1C(=O)O. The second-order valence-electron chi connectivity index (χ2n) is 4.41. The number of sulfone groups is 1. The quantitative estimate of drug-likeness (QED) is 0.719. The molecule has 1 saturated heterocycles. The molecule has 0 bridgehead atoms. The normalized spacial score (nSPS) is 22.8. The first-order valence-electron chi connectivity index (χ1n) is 5.53. The molecule has 9 heteroatoms. The molecular weight excluding hydrogens is 282 g/mol. The van der Waals surface area contributed by atoms with E-state index in [2.05, 4.69) is 0 Å². The Labute approximate surface area is 107 Å². The van der Waals surface area contributed by atoms with Crippen LogP contribution in [0.1, 0.15) is 19.3 Å². The molecule has 0 saturated carbocycles. The molecule has 0 aromatic heterocycles. The lowest BCUT2D eigenvalue weighted by molar-refractivity contribution is -0.142. The Morgan fingerprint density at radius 1 is 1.22 bits per heavy atom. The van der Waals surface area contributed by atoms with E-state index < -0.39 is 43.4 Å². The number of carbonyl (C=O) groups is 1. The fourth-order valence-corrected chi connectivity index (χ4v) is 5.14. The molecule has 1 fully saturated rings. The van der Waals surface area contributed by atoms with Gasteiger partial charge in [0.15, 0.2) is 0 Å². The molecule has 106 valence electrons. The van der Waals surface area contributed by atoms with Gasteiger partial charge in [0.05, 0.1) is 11.5 Å². The van der Waals surface area contributed by atoms with E-state index in [1.807, 2.05) is 0 Å². The van der Waals surface area contributed by atoms with Crippen LogP contribution in [0.2, 0.25) is 0 Å². The molecule has 0 radical (unpaired) electrons. The highest BCUT2D eigenvalue weighted by Crippen LogP contribution is 2.21. The van der Waals surface area contributed by atoms with Gasteiger partial charge in [-0.15, -0.1) is 0 Å². The van der Waals surface area contributed by atoms with Crippen LogP contribution in [0.5, 0.6) is 0 Å². The minimum Gasteiger partial charge on any atom is -0.480 e. The van der Waals surface area contributed by atoms with Crippen LogP contribution < -0.4 is 0 Å². The van der Waals surface area contributed by atoms with Crippen LogP contribution in [0.25, 0.3) is 0 Å². The van der Waals surface area contributed by atoms with Crippen molar-refractivity contribution in [1.82, 2.24) is 4.31 Å². The molecule has 0 aromatic rings. The minimum atomic E-state index is -3.84. The van der Waals surface area contributed by atoms with Gasteiger partial charge in [0, 0.05) is 12.8 Å². The van der Waals surface area contributed by atoms with Crippen LogP contribution in [0.3, 0.4) is 0 Å². The first kappa shape index (κ1) is 15.4. The van der Waals surface area contributed by atoms with Crippen LogP contribution >= 0.6 is 0 Å². The van der Waals surface area contributed by atoms with E-state index in [4.69, 9.17) is 5.11 Å². The van der Waals surface area contributed by atoms with E-state index in [1.165, 1.54) is 0 Å². The molecule has 0 amide bonds. The van der Waals surface area contributed by atoms with Crippen molar-refractivity contribution in [2.24, 2.45) is 0 Å². The lowest BCUT2D eigenvalue weighted by Crippen LogP contribution is -2.49. The third kappa shape index (κ3) is 4.21. The third-order valence-corrected chi connectivity index (χ3v) is 5.88. The number of carboxylic acids is 1. The molecule has 1 aliphatic heterocycles. The molecule has 1 aliphatic rings. The summed E-state index contributed by atoms with van der Waals surface area (Å²) in [5.41, 5.74) is 0. The molecule has 0 spiro atoms. The summed E-state index contributed by atoms with van der Waals surface area (Å²) in [5.74, 6) is -2.23. The van der Waals surface area contributed by atoms with Crippen molar-refractivity contribution in [3.8, 4) is 0 Å². The van der Waals surface area contributed by atoms with Gasteiger partial charge >= 0.3 is 5.97 Å². The molecule has 0 aromatic carbocycles. The monoisotopic (exact) mass is 299 g/mol. The van der Waals surface area contributed by atoms with E-state index >= 15 is 0 Å². The number of nitrogens with zero attached hydrogens (tertiary/aromatic N) is 1. The van der Waals surface area contributed by atoms with Gasteiger partial charge in [0.1, 0.15) is 15.9 Å². The summed E-state index contributed by atoms with van der Waals surface area (Å²) in [6.07, 6.45) is 2.48. The van der Waals surface area contributed by atoms with Crippen molar-refractivity contribution >= 4 is 25.8 Å². The zero-order valence-electron chi connectivity index (χ0n) is 10.1. The summed E-state index contributed by atoms with van der Waals surface area (Å²) in [5, 5.41) is 8.98. The zero-order chi connectivity index (χ0) is 14.0. The smallest absolute Gasteiger partial charge is 0.322 e. The first-order chi connectivity index (χ1) is 8.13. The number of carboxylic acid groups (broad SMARTS) is 1. The van der Waals surface area contributed by atoms with Crippen molar-refractivity contribution in [2.45, 2.75) is 25.3 Å². The average Bonchev–Trinajstić information content (AvgIpc) is 2.26. The fourth-order valence-electron chi connectivity index (χ4n) is 1.86. The van der Waals surface area contributed by atoms with Crippen molar-refractivity contribution in [3.63, 3.8) is 0 Å². The highest BCUT2D eigenvalue weighted by Gasteiger charge is 2.36. The minimum absolute atomic E-state index is 0.142. The van der Waals surface area contributed by atoms with Gasteiger partial charge in [-0.3, -0.25) is 4.79 Å². The number of rotatable bonds is 5. The molecule has 1 heterocycles. The van der Waals surface area contributed by atoms with E-state index in [1.54, 1.807) is 0 Å². The summed E-state index contributed by atoms with van der Waals surface area (Å²) in [4.78, 5) is 11.0. The summed E-state index contributed by atoms with van der Waals surface area (Å²) < 4.78 is 46.8. The van der Waals surface area contributed by atoms with Gasteiger partial charge in [0.25, 0.3) is 0 Å². The fraction of sp³-hybridized carbons (Fsp3) is 0.889. The van der Waals surface area contributed by atoms with Crippen LogP contribution in [0.4, 0.5) is 0 Å². The molecule has 1 rings (SSSR count). The molecular formula is C9H17NO6S2. The highest BCUT2D eigenvalue weighted by molar-refractivity contribution is 7.93. The molecule has 1 N–H and O–H groups in total. The summed E-state index contributed by atoms with van der Waals surface area (Å²) in [7, 11) is -7.22. The van der Waals surface area contributed by atoms with E-state index in [-0.39, 0.29) is 13.0 Å². The van der Waals surface area contributed by atoms with Gasteiger partial charge in [-0.25, -0.2) is 16.8 Å². The standard InChI is InChI=1S/C9H17NO6S2/c1-17(13,14)6-7-18(15,16)10-5-3-2-4-8(10)9(11)12/h8H,2-7H2,1H3,(H,11,12)/t8-/m1/s1. The Bertz CT molecular complexity index is 509. The Morgan fingerprint density at radius 3 is 2.33 bits per heavy atom. The number of aliphatic carboxylic acids is 1. The molecule has 0 unspecified atom stereocenters. The summed E-state index contributed by atoms with van der Waals surface area (Å²) in [6, 6.07) is -1.07. The van der Waals surface area contributed by atoms with Crippen molar-refractivity contribution in [2.75, 3.05) is 24.3 Å². The lowest BCUT2D eigenvalue weighted by Gasteiger charge is -2.31. The number of hydrogen-bond acceptors (Lipinski definition) is 5. The Balaban J connectivity index is 2.85. The van der Waals surface area contributed by atoms with Crippen molar-refractivity contribution in [1.29, 1.82) is 0 Å². The molecule has 0 aliphatic carbocycles. The maximum absolute atomic E-state index is 11.9. The number of sulfonamides is 1. The van der Waals surface area contributed by atoms with Gasteiger partial charge in [-0.1, -0.05) is 0 Å². The van der Waals surface area contributed by atoms with Crippen molar-refractivity contribution in [3.05, 3.63) is 0 Å². The van der Waals surface area contributed by atoms with Crippen LogP contribution in [0, 0.1) is 0 Å². The first-order valence-corrected chi connectivity index (χ1v) is 9.20. The maximum Gasteiger partial charge on any atom is 0.322 e. The van der Waals surface area contributed by atoms with Crippen LogP contribution in [0.15, 0.2) is 0 Å². The highest BCUT2D eigenvalue weighted by atomic mass is 32.2. The number of piperidine rings is 1. The summed E-state index contributed by atoms with van der Waals surface area (Å²) >= 11 is 0. The average molecular weight is 299 g/mol. The Morgan fingerprint density at radius 2 is 1.83 bits per heavy atom. The summed E-state index contributed by atoms with van der Waals surface area (Å²) in [6.45, 7) is 0.142. The predicted octanol–water partition coefficient (Wildman–Crippen LogP) is -0.700. The lowest BCUT2D eigenvalue weighted by atomic mass is 10.1. The Hall–Kier alpha value is -0.670. The van der Waals surface area contributed by atoms with E-state index in [0.29, 0.717) is 12.8 Å². The Kier molecular flexibility index (Phi) is 4.73. The van der Waals surface area contributed by atoms with E-state index in [9.17, 15) is 21.6 Å². The molecule has 1 atom stereocenters. The largest absolute Gasteiger partial charge is 0.480 e. The van der Waals surface area contributed by atoms with Crippen LogP contribution in [-0.2, 0) is 24.7 Å². The molecule has 18 heavy (non-hydrogen) atoms.